The van der Waals surface area contributed by atoms with Crippen LogP contribution in [0.5, 0.6) is 17.2 Å². The number of nitrogens with one attached hydrogen (secondary N) is 3. The molecule has 6 aromatic rings. The molecule has 0 heterocycles. The second-order valence-corrected chi connectivity index (χ2v) is 23.0. The van der Waals surface area contributed by atoms with Crippen LogP contribution in [-0.4, -0.2) is 163 Å². The Balaban J connectivity index is 0.000000288. The summed E-state index contributed by atoms with van der Waals surface area (Å²) >= 11 is 0. The Morgan fingerprint density at radius 2 is 0.556 bits per heavy atom. The van der Waals surface area contributed by atoms with E-state index in [1.54, 1.807) is 57.2 Å². The third-order valence-electron chi connectivity index (χ3n) is 13.7. The predicted octanol–water partition coefficient (Wildman–Crippen LogP) is 8.56. The molecule has 18 nitrogen and oxygen atoms in total. The van der Waals surface area contributed by atoms with Crippen LogP contribution in [0.2, 0.25) is 0 Å². The number of carbonyl (C=O) groups excluding carboxylic acids is 3. The van der Waals surface area contributed by atoms with Gasteiger partial charge in [0.25, 0.3) is 0 Å². The van der Waals surface area contributed by atoms with Crippen molar-refractivity contribution in [1.82, 2.24) is 16.0 Å². The zero-order valence-electron chi connectivity index (χ0n) is 53.4. The van der Waals surface area contributed by atoms with Crippen molar-refractivity contribution >= 4 is 17.7 Å². The number of phenolic OH excluding ortho intramolecular Hbond substituents is 3. The second-order valence-electron chi connectivity index (χ2n) is 23.0. The quantitative estimate of drug-likeness (QED) is 0.0175. The molecule has 3 amide bonds. The van der Waals surface area contributed by atoms with Crippen LogP contribution in [0.4, 0.5) is 0 Å². The average molecular weight is 1250 g/mol. The van der Waals surface area contributed by atoms with E-state index in [2.05, 4.69) is 16.0 Å². The van der Waals surface area contributed by atoms with Crippen molar-refractivity contribution in [1.29, 1.82) is 0 Å². The molecule has 6 aromatic carbocycles. The first kappa shape index (κ1) is 75.2. The maximum absolute atomic E-state index is 12.5. The highest BCUT2D eigenvalue weighted by atomic mass is 16.5. The number of aryl methyl sites for hydroxylation is 3. The smallest absolute Gasteiger partial charge is 0.220 e. The van der Waals surface area contributed by atoms with Gasteiger partial charge in [0, 0.05) is 19.3 Å². The molecule has 0 spiro atoms. The molecule has 0 saturated heterocycles. The number of aliphatic hydroxyl groups excluding tert-OH is 3. The first-order valence-electron chi connectivity index (χ1n) is 31.2. The van der Waals surface area contributed by atoms with Crippen LogP contribution in [0.15, 0.2) is 164 Å². The number of ether oxygens (including phenoxy) is 6. The molecular formula is C72H99N3O15. The van der Waals surface area contributed by atoms with Crippen LogP contribution in [-0.2, 0) is 81.3 Å². The monoisotopic (exact) mass is 1250 g/mol. The van der Waals surface area contributed by atoms with Gasteiger partial charge in [0.2, 0.25) is 17.7 Å². The highest BCUT2D eigenvalue weighted by Crippen LogP contribution is 2.16. The number of amides is 3. The number of rotatable bonds is 39. The Bertz CT molecular complexity index is 2510. The van der Waals surface area contributed by atoms with E-state index < -0.39 is 18.3 Å². The third kappa shape index (κ3) is 36.4. The van der Waals surface area contributed by atoms with E-state index in [-0.39, 0.29) is 91.2 Å². The van der Waals surface area contributed by atoms with Gasteiger partial charge in [-0.05, 0) is 150 Å². The summed E-state index contributed by atoms with van der Waals surface area (Å²) in [7, 11) is 0. The molecule has 6 rings (SSSR count). The number of hydrogen-bond donors (Lipinski definition) is 9. The molecule has 9 atom stereocenters. The van der Waals surface area contributed by atoms with Gasteiger partial charge < -0.3 is 75.0 Å². The van der Waals surface area contributed by atoms with Crippen LogP contribution in [0.1, 0.15) is 94.2 Å². The van der Waals surface area contributed by atoms with Gasteiger partial charge in [0.05, 0.1) is 114 Å². The Labute approximate surface area is 532 Å². The molecule has 1 unspecified atom stereocenters. The fraction of sp³-hybridized carbons (Fsp3) is 0.458. The highest BCUT2D eigenvalue weighted by molar-refractivity contribution is 5.77. The summed E-state index contributed by atoms with van der Waals surface area (Å²) in [6, 6.07) is 50.0. The van der Waals surface area contributed by atoms with E-state index in [0.717, 1.165) is 33.4 Å². The topological polar surface area (TPSA) is 264 Å². The summed E-state index contributed by atoms with van der Waals surface area (Å²) < 4.78 is 33.8. The summed E-state index contributed by atoms with van der Waals surface area (Å²) in [4.78, 5) is 37.5. The lowest BCUT2D eigenvalue weighted by molar-refractivity contribution is -0.123. The SMILES string of the molecule is CC(COC[C@@H](Cc1ccc(O)cc1)NC(=O)CCc1ccccc1)OC[C@@H](C)O.C[C@H](COC[C@@H](Cc1ccc(O)cc1)NC(=O)CCc1ccccc1)OC[C@@H](C)O.C[C@H](O)CO[C@H](C)COC[C@@H](Cc1ccc(O)cc1)NC(=O)CCc1ccccc1. The van der Waals surface area contributed by atoms with Crippen LogP contribution < -0.4 is 16.0 Å². The number of hydrogen-bond acceptors (Lipinski definition) is 15. The third-order valence-corrected chi connectivity index (χ3v) is 13.7. The van der Waals surface area contributed by atoms with Gasteiger partial charge in [0.15, 0.2) is 0 Å². The summed E-state index contributed by atoms with van der Waals surface area (Å²) in [5.74, 6) is 0.562. The zero-order valence-corrected chi connectivity index (χ0v) is 53.4. The molecule has 0 radical (unpaired) electrons. The maximum Gasteiger partial charge on any atom is 0.220 e. The fourth-order valence-electron chi connectivity index (χ4n) is 9.00. The Morgan fingerprint density at radius 3 is 0.778 bits per heavy atom. The van der Waals surface area contributed by atoms with Gasteiger partial charge in [0.1, 0.15) is 17.2 Å². The minimum absolute atomic E-state index is 0.0235. The van der Waals surface area contributed by atoms with Crippen molar-refractivity contribution in [3.63, 3.8) is 0 Å². The lowest BCUT2D eigenvalue weighted by Crippen LogP contribution is -2.40. The molecule has 0 aliphatic carbocycles. The Kier molecular flexibility index (Phi) is 37.0. The minimum atomic E-state index is -0.515. The molecule has 0 aliphatic rings. The van der Waals surface area contributed by atoms with Gasteiger partial charge in [-0.15, -0.1) is 0 Å². The van der Waals surface area contributed by atoms with Crippen molar-refractivity contribution < 1.29 is 73.4 Å². The van der Waals surface area contributed by atoms with E-state index in [4.69, 9.17) is 28.4 Å². The van der Waals surface area contributed by atoms with Crippen molar-refractivity contribution in [3.05, 3.63) is 197 Å². The summed E-state index contributed by atoms with van der Waals surface area (Å²) in [6.07, 6.45) is 3.07. The molecule has 9 N–H and O–H groups in total. The number of carbonyl (C=O) groups is 3. The van der Waals surface area contributed by atoms with E-state index in [0.29, 0.717) is 97.4 Å². The lowest BCUT2D eigenvalue weighted by atomic mass is 10.1. The minimum Gasteiger partial charge on any atom is -0.508 e. The van der Waals surface area contributed by atoms with Gasteiger partial charge in [-0.2, -0.15) is 0 Å². The fourth-order valence-corrected chi connectivity index (χ4v) is 9.00. The predicted molar refractivity (Wildman–Crippen MR) is 349 cm³/mol. The average Bonchev–Trinajstić information content (AvgIpc) is 3.58. The second kappa shape index (κ2) is 44.3. The van der Waals surface area contributed by atoms with E-state index in [1.165, 1.54) is 0 Å². The number of aliphatic hydroxyl groups is 3. The Hall–Kier alpha value is -7.23. The van der Waals surface area contributed by atoms with Crippen molar-refractivity contribution in [3.8, 4) is 17.2 Å². The molecule has 0 bridgehead atoms. The molecular weight excluding hydrogens is 1150 g/mol. The molecule has 0 saturated carbocycles. The van der Waals surface area contributed by atoms with Crippen molar-refractivity contribution in [2.45, 2.75) is 154 Å². The van der Waals surface area contributed by atoms with E-state index >= 15 is 0 Å². The highest BCUT2D eigenvalue weighted by Gasteiger charge is 2.19. The van der Waals surface area contributed by atoms with Gasteiger partial charge in [-0.1, -0.05) is 127 Å². The lowest BCUT2D eigenvalue weighted by Gasteiger charge is -2.21. The number of benzene rings is 6. The summed E-state index contributed by atoms with van der Waals surface area (Å²) in [5, 5.41) is 65.5. The zero-order chi connectivity index (χ0) is 65.3. The molecule has 0 aromatic heterocycles. The van der Waals surface area contributed by atoms with Crippen molar-refractivity contribution in [2.75, 3.05) is 59.5 Å². The van der Waals surface area contributed by atoms with Gasteiger partial charge in [-0.3, -0.25) is 14.4 Å². The van der Waals surface area contributed by atoms with Gasteiger partial charge in [-0.25, -0.2) is 0 Å². The summed E-state index contributed by atoms with van der Waals surface area (Å²) in [5.41, 5.74) is 6.39. The van der Waals surface area contributed by atoms with E-state index in [9.17, 15) is 45.0 Å². The number of phenols is 3. The van der Waals surface area contributed by atoms with Crippen LogP contribution in [0.3, 0.4) is 0 Å². The molecule has 90 heavy (non-hydrogen) atoms. The van der Waals surface area contributed by atoms with Gasteiger partial charge >= 0.3 is 0 Å². The first-order chi connectivity index (χ1) is 43.3. The normalized spacial score (nSPS) is 14.1. The first-order valence-corrected chi connectivity index (χ1v) is 31.2. The van der Waals surface area contributed by atoms with E-state index in [1.807, 2.05) is 148 Å². The van der Waals surface area contributed by atoms with Crippen LogP contribution in [0, 0.1) is 0 Å². The molecule has 18 heteroatoms. The maximum atomic E-state index is 12.5. The van der Waals surface area contributed by atoms with Crippen LogP contribution >= 0.6 is 0 Å². The molecule has 0 aliphatic heterocycles. The number of aromatic hydroxyl groups is 3. The standard InChI is InChI=1S/3C24H33NO5/c3*1-18(26)15-30-19(2)16-29-17-22(14-21-8-11-23(27)12-9-21)25-24(28)13-10-20-6-4-3-5-7-20/h3*3-9,11-12,18-19,22,26-27H,10,13-17H2,1-2H3,(H,25,28)/t18-,19?,22-;18-,19+,22+;18-,19-,22-/m101/s1. The molecule has 492 valence electrons. The molecule has 0 fully saturated rings. The summed E-state index contributed by atoms with van der Waals surface area (Å²) in [6.45, 7) is 13.6. The largest absolute Gasteiger partial charge is 0.508 e. The Morgan fingerprint density at radius 1 is 0.322 bits per heavy atom. The van der Waals surface area contributed by atoms with Crippen LogP contribution in [0.25, 0.3) is 0 Å². The van der Waals surface area contributed by atoms with Crippen molar-refractivity contribution in [2.24, 2.45) is 0 Å².